The first-order chi connectivity index (χ1) is 9.70. The molecule has 0 fully saturated rings. The molecule has 0 aliphatic rings. The summed E-state index contributed by atoms with van der Waals surface area (Å²) in [5, 5.41) is 4.99. The van der Waals surface area contributed by atoms with Gasteiger partial charge < -0.3 is 4.74 Å². The molecule has 0 unspecified atom stereocenters. The van der Waals surface area contributed by atoms with Crippen molar-refractivity contribution < 1.29 is 4.74 Å². The van der Waals surface area contributed by atoms with E-state index in [1.54, 1.807) is 23.0 Å². The van der Waals surface area contributed by atoms with Gasteiger partial charge in [-0.1, -0.05) is 23.7 Å². The first kappa shape index (κ1) is 12.8. The maximum absolute atomic E-state index is 5.84. The third-order valence-corrected chi connectivity index (χ3v) is 3.13. The van der Waals surface area contributed by atoms with Gasteiger partial charge in [-0.15, -0.1) is 0 Å². The highest BCUT2D eigenvalue weighted by Crippen LogP contribution is 2.23. The molecule has 0 radical (unpaired) electrons. The lowest BCUT2D eigenvalue weighted by Gasteiger charge is -2.03. The Kier molecular flexibility index (Phi) is 3.44. The first-order valence-corrected chi connectivity index (χ1v) is 6.64. The Morgan fingerprint density at radius 1 is 1.05 bits per heavy atom. The van der Waals surface area contributed by atoms with E-state index in [1.165, 1.54) is 5.56 Å². The molecule has 0 bridgehead atoms. The largest absolute Gasteiger partial charge is 0.454 e. The highest BCUT2D eigenvalue weighted by Gasteiger charge is 2.03. The van der Waals surface area contributed by atoms with Crippen LogP contribution in [0.2, 0.25) is 5.02 Å². The lowest BCUT2D eigenvalue weighted by molar-refractivity contribution is 0.482. The van der Waals surface area contributed by atoms with Crippen LogP contribution in [0.5, 0.6) is 11.5 Å². The fourth-order valence-electron chi connectivity index (χ4n) is 1.91. The minimum absolute atomic E-state index is 0.688. The Bertz CT molecular complexity index is 719. The van der Waals surface area contributed by atoms with Crippen LogP contribution in [0, 0.1) is 6.92 Å². The van der Waals surface area contributed by atoms with Crippen molar-refractivity contribution in [3.63, 3.8) is 0 Å². The molecule has 0 atom stereocenters. The summed E-state index contributed by atoms with van der Waals surface area (Å²) in [7, 11) is 0. The zero-order valence-electron chi connectivity index (χ0n) is 11.0. The molecule has 0 spiro atoms. The van der Waals surface area contributed by atoms with Gasteiger partial charge in [-0.05, 0) is 48.9 Å². The molecule has 2 aromatic carbocycles. The van der Waals surface area contributed by atoms with Crippen molar-refractivity contribution in [1.29, 1.82) is 0 Å². The van der Waals surface area contributed by atoms with Crippen LogP contribution >= 0.6 is 11.6 Å². The number of halogens is 1. The molecular formula is C16H13ClN2O. The van der Waals surface area contributed by atoms with E-state index in [2.05, 4.69) is 24.2 Å². The van der Waals surface area contributed by atoms with Gasteiger partial charge in [-0.2, -0.15) is 5.10 Å². The minimum Gasteiger partial charge on any atom is -0.454 e. The van der Waals surface area contributed by atoms with Crippen LogP contribution in [0.15, 0.2) is 60.9 Å². The second-order valence-corrected chi connectivity index (χ2v) is 4.95. The number of hydrogen-bond acceptors (Lipinski definition) is 2. The van der Waals surface area contributed by atoms with Crippen molar-refractivity contribution in [2.45, 2.75) is 6.92 Å². The minimum atomic E-state index is 0.688. The first-order valence-electron chi connectivity index (χ1n) is 6.26. The number of ether oxygens (including phenoxy) is 1. The maximum Gasteiger partial charge on any atom is 0.165 e. The Labute approximate surface area is 122 Å². The zero-order valence-corrected chi connectivity index (χ0v) is 11.7. The average Bonchev–Trinajstić information content (AvgIpc) is 2.90. The van der Waals surface area contributed by atoms with E-state index in [1.807, 2.05) is 30.5 Å². The van der Waals surface area contributed by atoms with Crippen molar-refractivity contribution in [1.82, 2.24) is 9.78 Å². The van der Waals surface area contributed by atoms with Gasteiger partial charge in [-0.3, -0.25) is 0 Å². The number of aryl methyl sites for hydroxylation is 1. The number of rotatable bonds is 3. The van der Waals surface area contributed by atoms with Gasteiger partial charge >= 0.3 is 0 Å². The van der Waals surface area contributed by atoms with Gasteiger partial charge in [0.2, 0.25) is 0 Å². The van der Waals surface area contributed by atoms with Crippen LogP contribution in [-0.2, 0) is 0 Å². The van der Waals surface area contributed by atoms with Gasteiger partial charge in [0.25, 0.3) is 0 Å². The maximum atomic E-state index is 5.84. The van der Waals surface area contributed by atoms with E-state index in [0.29, 0.717) is 10.8 Å². The van der Waals surface area contributed by atoms with Crippen LogP contribution in [-0.4, -0.2) is 9.78 Å². The third kappa shape index (κ3) is 2.83. The summed E-state index contributed by atoms with van der Waals surface area (Å²) in [6.45, 7) is 2.05. The van der Waals surface area contributed by atoms with Crippen molar-refractivity contribution in [3.8, 4) is 17.2 Å². The fourth-order valence-corrected chi connectivity index (χ4v) is 2.04. The zero-order chi connectivity index (χ0) is 13.9. The second-order valence-electron chi connectivity index (χ2n) is 4.52. The summed E-state index contributed by atoms with van der Waals surface area (Å²) in [5.74, 6) is 1.42. The molecule has 1 aromatic heterocycles. The fraction of sp³-hybridized carbons (Fsp3) is 0.0625. The molecule has 4 heteroatoms. The van der Waals surface area contributed by atoms with Gasteiger partial charge in [0, 0.05) is 5.02 Å². The van der Waals surface area contributed by atoms with E-state index < -0.39 is 0 Å². The summed E-state index contributed by atoms with van der Waals surface area (Å²) >= 11 is 5.84. The number of aromatic nitrogens is 2. The monoisotopic (exact) mass is 284 g/mol. The predicted molar refractivity (Wildman–Crippen MR) is 79.8 cm³/mol. The highest BCUT2D eigenvalue weighted by atomic mass is 35.5. The Morgan fingerprint density at radius 3 is 2.60 bits per heavy atom. The molecular weight excluding hydrogens is 272 g/mol. The van der Waals surface area contributed by atoms with Crippen LogP contribution < -0.4 is 4.74 Å². The van der Waals surface area contributed by atoms with Crippen molar-refractivity contribution in [2.75, 3.05) is 0 Å². The molecule has 0 saturated heterocycles. The molecule has 3 aromatic rings. The summed E-state index contributed by atoms with van der Waals surface area (Å²) in [6, 6.07) is 15.4. The van der Waals surface area contributed by atoms with Gasteiger partial charge in [0.05, 0.1) is 18.1 Å². The average molecular weight is 285 g/mol. The summed E-state index contributed by atoms with van der Waals surface area (Å²) in [4.78, 5) is 0. The highest BCUT2D eigenvalue weighted by molar-refractivity contribution is 6.30. The topological polar surface area (TPSA) is 27.1 Å². The normalized spacial score (nSPS) is 10.5. The Morgan fingerprint density at radius 2 is 1.85 bits per heavy atom. The van der Waals surface area contributed by atoms with Gasteiger partial charge in [-0.25, -0.2) is 4.68 Å². The van der Waals surface area contributed by atoms with E-state index in [9.17, 15) is 0 Å². The quantitative estimate of drug-likeness (QED) is 0.701. The van der Waals surface area contributed by atoms with Crippen molar-refractivity contribution in [3.05, 3.63) is 71.5 Å². The van der Waals surface area contributed by atoms with Crippen LogP contribution in [0.3, 0.4) is 0 Å². The molecule has 0 saturated carbocycles. The van der Waals surface area contributed by atoms with Crippen molar-refractivity contribution >= 4 is 11.6 Å². The summed E-state index contributed by atoms with van der Waals surface area (Å²) in [5.41, 5.74) is 2.20. The van der Waals surface area contributed by atoms with E-state index in [0.717, 1.165) is 11.4 Å². The second kappa shape index (κ2) is 5.39. The van der Waals surface area contributed by atoms with Crippen LogP contribution in [0.4, 0.5) is 0 Å². The van der Waals surface area contributed by atoms with E-state index >= 15 is 0 Å². The smallest absolute Gasteiger partial charge is 0.165 e. The van der Waals surface area contributed by atoms with Crippen molar-refractivity contribution in [2.24, 2.45) is 0 Å². The van der Waals surface area contributed by atoms with Crippen LogP contribution in [0.25, 0.3) is 5.69 Å². The van der Waals surface area contributed by atoms with E-state index in [-0.39, 0.29) is 0 Å². The van der Waals surface area contributed by atoms with Gasteiger partial charge in [0.15, 0.2) is 5.75 Å². The summed E-state index contributed by atoms with van der Waals surface area (Å²) in [6.07, 6.45) is 3.54. The van der Waals surface area contributed by atoms with E-state index in [4.69, 9.17) is 16.3 Å². The molecule has 1 heterocycles. The lowest BCUT2D eigenvalue weighted by Crippen LogP contribution is -1.93. The number of benzene rings is 2. The molecule has 0 aliphatic carbocycles. The molecule has 100 valence electrons. The predicted octanol–water partition coefficient (Wildman–Crippen LogP) is 4.63. The Hall–Kier alpha value is -2.26. The standard InChI is InChI=1S/C16H13ClN2O/c1-12-3-2-4-14(9-12)19-11-16(10-18-19)20-15-7-5-13(17)6-8-15/h2-11H,1H3. The Balaban J connectivity index is 1.82. The van der Waals surface area contributed by atoms with Gasteiger partial charge in [0.1, 0.15) is 5.75 Å². The molecule has 0 N–H and O–H groups in total. The lowest BCUT2D eigenvalue weighted by atomic mass is 10.2. The number of hydrogen-bond donors (Lipinski definition) is 0. The molecule has 3 nitrogen and oxygen atoms in total. The molecule has 20 heavy (non-hydrogen) atoms. The molecule has 0 aliphatic heterocycles. The molecule has 3 rings (SSSR count). The SMILES string of the molecule is Cc1cccc(-n2cc(Oc3ccc(Cl)cc3)cn2)c1. The van der Waals surface area contributed by atoms with Crippen LogP contribution in [0.1, 0.15) is 5.56 Å². The third-order valence-electron chi connectivity index (χ3n) is 2.87. The number of nitrogens with zero attached hydrogens (tertiary/aromatic N) is 2. The molecule has 0 amide bonds. The summed E-state index contributed by atoms with van der Waals surface area (Å²) < 4.78 is 7.51.